The number of hydrogen-bond acceptors (Lipinski definition) is 7. The molecule has 0 saturated heterocycles. The number of benzene rings is 3. The van der Waals surface area contributed by atoms with Crippen LogP contribution in [0.15, 0.2) is 60.7 Å². The summed E-state index contributed by atoms with van der Waals surface area (Å²) in [7, 11) is 4.59. The third kappa shape index (κ3) is 6.17. The number of nitrogens with one attached hydrogen (secondary N) is 1. The molecule has 0 radical (unpaired) electrons. The van der Waals surface area contributed by atoms with Gasteiger partial charge in [-0.1, -0.05) is 30.4 Å². The van der Waals surface area contributed by atoms with Crippen LogP contribution >= 0.6 is 0 Å². The van der Waals surface area contributed by atoms with Gasteiger partial charge in [0.2, 0.25) is 11.7 Å². The maximum Gasteiger partial charge on any atom is 0.276 e. The van der Waals surface area contributed by atoms with Crippen molar-refractivity contribution in [1.29, 1.82) is 0 Å². The second kappa shape index (κ2) is 11.4. The molecule has 3 aromatic rings. The number of phenols is 1. The van der Waals surface area contributed by atoms with Crippen LogP contribution in [0.1, 0.15) is 16.7 Å². The molecule has 3 rings (SSSR count). The zero-order chi connectivity index (χ0) is 25.4. The van der Waals surface area contributed by atoms with Crippen molar-refractivity contribution >= 4 is 35.5 Å². The highest BCUT2D eigenvalue weighted by Crippen LogP contribution is 2.38. The minimum Gasteiger partial charge on any atom is -0.506 e. The largest absolute Gasteiger partial charge is 0.506 e. The van der Waals surface area contributed by atoms with Gasteiger partial charge in [-0.05, 0) is 47.5 Å². The Balaban J connectivity index is 1.79. The van der Waals surface area contributed by atoms with Gasteiger partial charge in [-0.15, -0.1) is 0 Å². The first-order valence-electron chi connectivity index (χ1n) is 10.4. The molecule has 0 aliphatic carbocycles. The number of amides is 1. The van der Waals surface area contributed by atoms with Crippen molar-refractivity contribution in [2.75, 3.05) is 26.6 Å². The highest BCUT2D eigenvalue weighted by molar-refractivity contribution is 6.03. The lowest BCUT2D eigenvalue weighted by Crippen LogP contribution is -2.08. The zero-order valence-corrected chi connectivity index (χ0v) is 19.3. The Kier molecular flexibility index (Phi) is 8.07. The van der Waals surface area contributed by atoms with E-state index in [1.807, 2.05) is 6.08 Å². The minimum absolute atomic E-state index is 0.113. The predicted molar refractivity (Wildman–Crippen MR) is 134 cm³/mol. The second-order valence-corrected chi connectivity index (χ2v) is 7.21. The van der Waals surface area contributed by atoms with Gasteiger partial charge in [-0.2, -0.15) is 0 Å². The summed E-state index contributed by atoms with van der Waals surface area (Å²) in [4.78, 5) is 23.0. The molecule has 0 spiro atoms. The molecular formula is C26H24N2O7. The number of ether oxygens (including phenoxy) is 3. The van der Waals surface area contributed by atoms with Gasteiger partial charge >= 0.3 is 0 Å². The van der Waals surface area contributed by atoms with Crippen molar-refractivity contribution in [1.82, 2.24) is 0 Å². The van der Waals surface area contributed by atoms with Crippen LogP contribution < -0.4 is 19.5 Å². The Morgan fingerprint density at radius 1 is 0.914 bits per heavy atom. The normalized spacial score (nSPS) is 10.9. The number of nitro groups is 1. The molecule has 180 valence electrons. The third-order valence-corrected chi connectivity index (χ3v) is 4.98. The van der Waals surface area contributed by atoms with Crippen LogP contribution in [0.3, 0.4) is 0 Å². The number of rotatable bonds is 9. The van der Waals surface area contributed by atoms with Gasteiger partial charge in [-0.3, -0.25) is 14.9 Å². The molecule has 0 heterocycles. The number of para-hydroxylation sites is 1. The molecule has 0 saturated carbocycles. The van der Waals surface area contributed by atoms with Crippen LogP contribution in [-0.2, 0) is 4.79 Å². The topological polar surface area (TPSA) is 120 Å². The summed E-state index contributed by atoms with van der Waals surface area (Å²) >= 11 is 0. The molecule has 35 heavy (non-hydrogen) atoms. The number of nitro benzene ring substituents is 1. The molecule has 0 atom stereocenters. The lowest BCUT2D eigenvalue weighted by Gasteiger charge is -2.12. The Morgan fingerprint density at radius 2 is 1.57 bits per heavy atom. The quantitative estimate of drug-likeness (QED) is 0.144. The van der Waals surface area contributed by atoms with Gasteiger partial charge in [0.1, 0.15) is 5.75 Å². The van der Waals surface area contributed by atoms with Crippen LogP contribution in [0.2, 0.25) is 0 Å². The van der Waals surface area contributed by atoms with Gasteiger partial charge in [0, 0.05) is 12.1 Å². The van der Waals surface area contributed by atoms with E-state index in [2.05, 4.69) is 5.32 Å². The zero-order valence-electron chi connectivity index (χ0n) is 19.3. The third-order valence-electron chi connectivity index (χ3n) is 4.98. The Bertz CT molecular complexity index is 1270. The number of phenolic OH excluding ortho intramolecular Hbond substituents is 1. The van der Waals surface area contributed by atoms with E-state index in [1.165, 1.54) is 51.7 Å². The second-order valence-electron chi connectivity index (χ2n) is 7.21. The van der Waals surface area contributed by atoms with E-state index in [-0.39, 0.29) is 17.1 Å². The van der Waals surface area contributed by atoms with Gasteiger partial charge in [0.25, 0.3) is 5.69 Å². The molecule has 0 fully saturated rings. The van der Waals surface area contributed by atoms with E-state index in [0.717, 1.165) is 5.56 Å². The summed E-state index contributed by atoms with van der Waals surface area (Å²) in [6, 6.07) is 14.4. The summed E-state index contributed by atoms with van der Waals surface area (Å²) in [6.07, 6.45) is 6.12. The molecule has 9 heteroatoms. The van der Waals surface area contributed by atoms with E-state index in [1.54, 1.807) is 42.5 Å². The lowest BCUT2D eigenvalue weighted by atomic mass is 10.1. The molecule has 3 aromatic carbocycles. The molecule has 0 unspecified atom stereocenters. The van der Waals surface area contributed by atoms with Gasteiger partial charge in [-0.25, -0.2) is 0 Å². The molecule has 1 amide bonds. The number of carbonyl (C=O) groups excluding carboxylic acids is 1. The van der Waals surface area contributed by atoms with Gasteiger partial charge in [0.05, 0.1) is 37.5 Å². The van der Waals surface area contributed by atoms with E-state index in [0.29, 0.717) is 28.4 Å². The average Bonchev–Trinajstić information content (AvgIpc) is 2.87. The average molecular weight is 476 g/mol. The van der Waals surface area contributed by atoms with Gasteiger partial charge < -0.3 is 24.6 Å². The highest BCUT2D eigenvalue weighted by Gasteiger charge is 2.13. The number of methoxy groups -OCH3 is 3. The Labute approximate surface area is 202 Å². The van der Waals surface area contributed by atoms with Crippen molar-refractivity contribution in [3.63, 3.8) is 0 Å². The molecule has 0 aliphatic rings. The van der Waals surface area contributed by atoms with Crippen molar-refractivity contribution < 1.29 is 29.0 Å². The summed E-state index contributed by atoms with van der Waals surface area (Å²) in [5.41, 5.74) is 1.85. The molecule has 0 bridgehead atoms. The molecule has 9 nitrogen and oxygen atoms in total. The lowest BCUT2D eigenvalue weighted by molar-refractivity contribution is -0.385. The fourth-order valence-electron chi connectivity index (χ4n) is 3.28. The number of hydrogen-bond donors (Lipinski definition) is 2. The van der Waals surface area contributed by atoms with Crippen molar-refractivity contribution in [3.8, 4) is 23.0 Å². The molecule has 0 aliphatic heterocycles. The monoisotopic (exact) mass is 476 g/mol. The van der Waals surface area contributed by atoms with Crippen molar-refractivity contribution in [3.05, 3.63) is 87.5 Å². The van der Waals surface area contributed by atoms with E-state index in [4.69, 9.17) is 14.2 Å². The highest BCUT2D eigenvalue weighted by atomic mass is 16.6. The van der Waals surface area contributed by atoms with E-state index in [9.17, 15) is 20.0 Å². The molecule has 0 aromatic heterocycles. The first-order valence-corrected chi connectivity index (χ1v) is 10.4. The van der Waals surface area contributed by atoms with Gasteiger partial charge in [0.15, 0.2) is 11.5 Å². The molecular weight excluding hydrogens is 452 g/mol. The first-order chi connectivity index (χ1) is 16.9. The fraction of sp³-hybridized carbons (Fsp3) is 0.115. The maximum absolute atomic E-state index is 12.4. The maximum atomic E-state index is 12.4. The van der Waals surface area contributed by atoms with Crippen molar-refractivity contribution in [2.45, 2.75) is 0 Å². The minimum atomic E-state index is -0.552. The molecule has 2 N–H and O–H groups in total. The Morgan fingerprint density at radius 3 is 2.20 bits per heavy atom. The smallest absolute Gasteiger partial charge is 0.276 e. The van der Waals surface area contributed by atoms with Crippen LogP contribution in [0.4, 0.5) is 11.4 Å². The van der Waals surface area contributed by atoms with E-state index >= 15 is 0 Å². The van der Waals surface area contributed by atoms with Crippen molar-refractivity contribution in [2.24, 2.45) is 0 Å². The number of carbonyl (C=O) groups is 1. The van der Waals surface area contributed by atoms with E-state index < -0.39 is 10.8 Å². The summed E-state index contributed by atoms with van der Waals surface area (Å²) in [5, 5.41) is 23.9. The standard InChI is InChI=1S/C26H24N2O7/c1-33-23-15-18(16-24(34-2)26(23)35-3)9-8-17-10-12-22(29)20(14-17)27-25(30)13-11-19-6-4-5-7-21(19)28(31)32/h4-16,29H,1-3H3,(H,27,30)/b9-8?,13-11+. The first kappa shape index (κ1) is 24.8. The summed E-state index contributed by atoms with van der Waals surface area (Å²) in [5.74, 6) is 0.827. The number of nitrogens with zero attached hydrogens (tertiary/aromatic N) is 1. The SMILES string of the molecule is COc1cc(C=Cc2ccc(O)c(NC(=O)/C=C/c3ccccc3[N+](=O)[O-])c2)cc(OC)c1OC. The van der Waals surface area contributed by atoms with Crippen LogP contribution in [0, 0.1) is 10.1 Å². The predicted octanol–water partition coefficient (Wildman–Crippen LogP) is 5.15. The summed E-state index contributed by atoms with van der Waals surface area (Å²) < 4.78 is 16.1. The number of anilines is 1. The van der Waals surface area contributed by atoms with Crippen LogP contribution in [0.25, 0.3) is 18.2 Å². The fourth-order valence-corrected chi connectivity index (χ4v) is 3.28. The van der Waals surface area contributed by atoms with Crippen LogP contribution in [-0.4, -0.2) is 37.3 Å². The van der Waals surface area contributed by atoms with Crippen LogP contribution in [0.5, 0.6) is 23.0 Å². The Hall–Kier alpha value is -4.79. The number of aromatic hydroxyl groups is 1. The summed E-state index contributed by atoms with van der Waals surface area (Å²) in [6.45, 7) is 0.